The zero-order chi connectivity index (χ0) is 11.5. The van der Waals surface area contributed by atoms with Crippen LogP contribution in [-0.4, -0.2) is 21.2 Å². The Morgan fingerprint density at radius 2 is 2.06 bits per heavy atom. The molecule has 82 valence electrons. The lowest BCUT2D eigenvalue weighted by Gasteiger charge is -1.96. The van der Waals surface area contributed by atoms with Crippen molar-refractivity contribution in [3.63, 3.8) is 0 Å². The van der Waals surface area contributed by atoms with Crippen LogP contribution in [0.15, 0.2) is 34.9 Å². The molecule has 0 radical (unpaired) electrons. The molecule has 1 atom stereocenters. The van der Waals surface area contributed by atoms with Crippen LogP contribution in [0.25, 0.3) is 11.5 Å². The summed E-state index contributed by atoms with van der Waals surface area (Å²) in [4.78, 5) is 14.8. The molecule has 0 saturated heterocycles. The smallest absolute Gasteiger partial charge is 0.314 e. The molecule has 2 aromatic rings. The van der Waals surface area contributed by atoms with Crippen LogP contribution in [-0.2, 0) is 4.79 Å². The van der Waals surface area contributed by atoms with E-state index in [-0.39, 0.29) is 5.82 Å². The van der Waals surface area contributed by atoms with Crippen LogP contribution in [0.5, 0.6) is 0 Å². The van der Waals surface area contributed by atoms with Crippen molar-refractivity contribution in [2.24, 2.45) is 0 Å². The predicted octanol–water partition coefficient (Wildman–Crippen LogP) is 1.92. The van der Waals surface area contributed by atoms with Gasteiger partial charge in [0, 0.05) is 5.56 Å². The molecule has 5 heteroatoms. The van der Waals surface area contributed by atoms with Crippen LogP contribution in [0.1, 0.15) is 18.7 Å². The number of carbonyl (C=O) groups is 1. The van der Waals surface area contributed by atoms with Gasteiger partial charge in [-0.1, -0.05) is 23.4 Å². The summed E-state index contributed by atoms with van der Waals surface area (Å²) in [5.41, 5.74) is 0.777. The number of benzene rings is 1. The molecule has 1 aromatic heterocycles. The third kappa shape index (κ3) is 1.93. The molecule has 0 amide bonds. The molecule has 0 bridgehead atoms. The molecule has 2 rings (SSSR count). The van der Waals surface area contributed by atoms with E-state index in [2.05, 4.69) is 10.1 Å². The van der Waals surface area contributed by atoms with Crippen LogP contribution in [0.3, 0.4) is 0 Å². The summed E-state index contributed by atoms with van der Waals surface area (Å²) in [5, 5.41) is 12.4. The van der Waals surface area contributed by atoms with Gasteiger partial charge in [-0.3, -0.25) is 4.79 Å². The second-order valence-electron chi connectivity index (χ2n) is 3.38. The van der Waals surface area contributed by atoms with Crippen LogP contribution >= 0.6 is 0 Å². The molecule has 5 nitrogen and oxygen atoms in total. The maximum Gasteiger partial charge on any atom is 0.314 e. The average molecular weight is 218 g/mol. The molecule has 16 heavy (non-hydrogen) atoms. The van der Waals surface area contributed by atoms with E-state index in [1.165, 1.54) is 6.92 Å². The van der Waals surface area contributed by atoms with Crippen molar-refractivity contribution in [3.05, 3.63) is 36.2 Å². The number of carboxylic acid groups (broad SMARTS) is 1. The fourth-order valence-electron chi connectivity index (χ4n) is 1.22. The van der Waals surface area contributed by atoms with Crippen molar-refractivity contribution in [3.8, 4) is 11.5 Å². The molecule has 1 aromatic carbocycles. The van der Waals surface area contributed by atoms with E-state index in [0.717, 1.165) is 5.56 Å². The molecule has 1 N–H and O–H groups in total. The fraction of sp³-hybridized carbons (Fsp3) is 0.182. The zero-order valence-electron chi connectivity index (χ0n) is 8.62. The van der Waals surface area contributed by atoms with Gasteiger partial charge >= 0.3 is 5.97 Å². The number of hydrogen-bond acceptors (Lipinski definition) is 4. The van der Waals surface area contributed by atoms with Gasteiger partial charge in [0.2, 0.25) is 0 Å². The van der Waals surface area contributed by atoms with Gasteiger partial charge in [-0.05, 0) is 19.1 Å². The van der Waals surface area contributed by atoms with Gasteiger partial charge in [0.15, 0.2) is 5.82 Å². The summed E-state index contributed by atoms with van der Waals surface area (Å²) in [6.07, 6.45) is 0. The monoisotopic (exact) mass is 218 g/mol. The van der Waals surface area contributed by atoms with E-state index in [1.807, 2.05) is 30.3 Å². The third-order valence-corrected chi connectivity index (χ3v) is 2.22. The third-order valence-electron chi connectivity index (χ3n) is 2.22. The van der Waals surface area contributed by atoms with Gasteiger partial charge < -0.3 is 9.63 Å². The second-order valence-corrected chi connectivity index (χ2v) is 3.38. The molecule has 0 saturated carbocycles. The lowest BCUT2D eigenvalue weighted by Crippen LogP contribution is -2.08. The Kier molecular flexibility index (Phi) is 2.68. The SMILES string of the molecule is CC(C(=O)O)c1noc(-c2ccccc2)n1. The topological polar surface area (TPSA) is 76.2 Å². The Labute approximate surface area is 91.7 Å². The number of rotatable bonds is 3. The van der Waals surface area contributed by atoms with Crippen molar-refractivity contribution in [1.82, 2.24) is 10.1 Å². The lowest BCUT2D eigenvalue weighted by molar-refractivity contribution is -0.138. The Balaban J connectivity index is 2.30. The minimum Gasteiger partial charge on any atom is -0.481 e. The maximum absolute atomic E-state index is 10.7. The maximum atomic E-state index is 10.7. The van der Waals surface area contributed by atoms with Gasteiger partial charge in [0.25, 0.3) is 5.89 Å². The molecular weight excluding hydrogens is 208 g/mol. The lowest BCUT2D eigenvalue weighted by atomic mass is 10.2. The first-order valence-electron chi connectivity index (χ1n) is 4.80. The summed E-state index contributed by atoms with van der Waals surface area (Å²) < 4.78 is 5.00. The predicted molar refractivity (Wildman–Crippen MR) is 55.8 cm³/mol. The van der Waals surface area contributed by atoms with Crippen molar-refractivity contribution in [2.75, 3.05) is 0 Å². The molecular formula is C11H10N2O3. The van der Waals surface area contributed by atoms with E-state index in [9.17, 15) is 4.79 Å². The van der Waals surface area contributed by atoms with Gasteiger partial charge in [0.05, 0.1) is 0 Å². The molecule has 0 fully saturated rings. The van der Waals surface area contributed by atoms with Crippen LogP contribution < -0.4 is 0 Å². The highest BCUT2D eigenvalue weighted by Gasteiger charge is 2.20. The standard InChI is InChI=1S/C11H10N2O3/c1-7(11(14)15)9-12-10(16-13-9)8-5-3-2-4-6-8/h2-7H,1H3,(H,14,15). The summed E-state index contributed by atoms with van der Waals surface area (Å²) in [7, 11) is 0. The Bertz CT molecular complexity index is 493. The fourth-order valence-corrected chi connectivity index (χ4v) is 1.22. The Morgan fingerprint density at radius 1 is 1.38 bits per heavy atom. The van der Waals surface area contributed by atoms with Gasteiger partial charge in [-0.25, -0.2) is 0 Å². The normalized spacial score (nSPS) is 12.3. The molecule has 1 heterocycles. The molecule has 0 spiro atoms. The van der Waals surface area contributed by atoms with E-state index in [4.69, 9.17) is 9.63 Å². The molecule has 0 aliphatic rings. The second kappa shape index (κ2) is 4.14. The largest absolute Gasteiger partial charge is 0.481 e. The van der Waals surface area contributed by atoms with Gasteiger partial charge in [-0.2, -0.15) is 4.98 Å². The van der Waals surface area contributed by atoms with Crippen molar-refractivity contribution in [2.45, 2.75) is 12.8 Å². The highest BCUT2D eigenvalue weighted by Crippen LogP contribution is 2.19. The highest BCUT2D eigenvalue weighted by molar-refractivity contribution is 5.74. The number of carboxylic acids is 1. The number of hydrogen-bond donors (Lipinski definition) is 1. The quantitative estimate of drug-likeness (QED) is 0.851. The van der Waals surface area contributed by atoms with Gasteiger partial charge in [-0.15, -0.1) is 0 Å². The molecule has 1 unspecified atom stereocenters. The molecule has 0 aliphatic carbocycles. The average Bonchev–Trinajstić information content (AvgIpc) is 2.78. The van der Waals surface area contributed by atoms with E-state index < -0.39 is 11.9 Å². The minimum atomic E-state index is -0.972. The summed E-state index contributed by atoms with van der Waals surface area (Å²) in [6, 6.07) is 9.21. The van der Waals surface area contributed by atoms with E-state index in [0.29, 0.717) is 5.89 Å². The van der Waals surface area contributed by atoms with Gasteiger partial charge in [0.1, 0.15) is 5.92 Å². The Hall–Kier alpha value is -2.17. The first-order valence-corrected chi connectivity index (χ1v) is 4.80. The number of nitrogens with zero attached hydrogens (tertiary/aromatic N) is 2. The summed E-state index contributed by atoms with van der Waals surface area (Å²) in [5.74, 6) is -1.21. The zero-order valence-corrected chi connectivity index (χ0v) is 8.62. The summed E-state index contributed by atoms with van der Waals surface area (Å²) in [6.45, 7) is 1.52. The summed E-state index contributed by atoms with van der Waals surface area (Å²) >= 11 is 0. The van der Waals surface area contributed by atoms with E-state index >= 15 is 0 Å². The van der Waals surface area contributed by atoms with Crippen LogP contribution in [0, 0.1) is 0 Å². The Morgan fingerprint density at radius 3 is 2.69 bits per heavy atom. The number of aliphatic carboxylic acids is 1. The number of aromatic nitrogens is 2. The van der Waals surface area contributed by atoms with E-state index in [1.54, 1.807) is 0 Å². The minimum absolute atomic E-state index is 0.186. The van der Waals surface area contributed by atoms with Crippen LogP contribution in [0.4, 0.5) is 0 Å². The molecule has 0 aliphatic heterocycles. The highest BCUT2D eigenvalue weighted by atomic mass is 16.5. The van der Waals surface area contributed by atoms with Crippen molar-refractivity contribution >= 4 is 5.97 Å². The van der Waals surface area contributed by atoms with Crippen molar-refractivity contribution in [1.29, 1.82) is 0 Å². The first-order chi connectivity index (χ1) is 7.68. The first kappa shape index (κ1) is 10.4. The van der Waals surface area contributed by atoms with Crippen LogP contribution in [0.2, 0.25) is 0 Å². The van der Waals surface area contributed by atoms with Crippen molar-refractivity contribution < 1.29 is 14.4 Å².